The van der Waals surface area contributed by atoms with Crippen LogP contribution in [0.15, 0.2) is 0 Å². The number of rotatable bonds is 3. The highest BCUT2D eigenvalue weighted by Crippen LogP contribution is 2.29. The lowest BCUT2D eigenvalue weighted by Gasteiger charge is -1.97. The largest absolute Gasteiger partial charge is 0.461 e. The molecule has 0 radical (unpaired) electrons. The van der Waals surface area contributed by atoms with Crippen molar-refractivity contribution in [1.29, 1.82) is 0 Å². The van der Waals surface area contributed by atoms with E-state index in [0.717, 1.165) is 6.42 Å². The van der Waals surface area contributed by atoms with Crippen LogP contribution in [0.3, 0.4) is 0 Å². The minimum atomic E-state index is -0.726. The molecule has 0 aliphatic carbocycles. The van der Waals surface area contributed by atoms with Crippen LogP contribution in [0.5, 0.6) is 0 Å². The zero-order chi connectivity index (χ0) is 11.7. The highest BCUT2D eigenvalue weighted by Gasteiger charge is 2.34. The maximum Gasteiger partial charge on any atom is 0.366 e. The molecule has 2 heterocycles. The van der Waals surface area contributed by atoms with Gasteiger partial charge in [-0.15, -0.1) is 0 Å². The van der Waals surface area contributed by atoms with Crippen LogP contribution in [0.4, 0.5) is 5.69 Å². The minimum Gasteiger partial charge on any atom is -0.461 e. The molecule has 0 saturated heterocycles. The van der Waals surface area contributed by atoms with E-state index in [2.05, 4.69) is 5.10 Å². The number of aryl methyl sites for hydroxylation is 1. The summed E-state index contributed by atoms with van der Waals surface area (Å²) in [5, 5.41) is 14.8. The third-order valence-corrected chi connectivity index (χ3v) is 2.46. The van der Waals surface area contributed by atoms with Crippen LogP contribution in [0.25, 0.3) is 0 Å². The number of aromatic nitrogens is 2. The number of carbonyl (C=O) groups is 1. The van der Waals surface area contributed by atoms with Gasteiger partial charge in [-0.1, -0.05) is 0 Å². The smallest absolute Gasteiger partial charge is 0.366 e. The average molecular weight is 225 g/mol. The number of ether oxygens (including phenoxy) is 1. The van der Waals surface area contributed by atoms with Gasteiger partial charge in [0, 0.05) is 6.54 Å². The summed E-state index contributed by atoms with van der Waals surface area (Å²) in [5.41, 5.74) is 0.144. The summed E-state index contributed by atoms with van der Waals surface area (Å²) in [6.07, 6.45) is 1.41. The molecule has 7 nitrogen and oxygen atoms in total. The Morgan fingerprint density at radius 1 is 1.69 bits per heavy atom. The van der Waals surface area contributed by atoms with Gasteiger partial charge in [0.1, 0.15) is 5.69 Å². The molecular formula is C9H11N3O4. The number of hydrogen-bond donors (Lipinski definition) is 0. The Labute approximate surface area is 91.2 Å². The fourth-order valence-electron chi connectivity index (χ4n) is 1.84. The van der Waals surface area contributed by atoms with Gasteiger partial charge in [0.05, 0.1) is 11.5 Å². The van der Waals surface area contributed by atoms with E-state index in [1.807, 2.05) is 0 Å². The van der Waals surface area contributed by atoms with Gasteiger partial charge < -0.3 is 4.74 Å². The third-order valence-electron chi connectivity index (χ3n) is 2.46. The molecule has 0 spiro atoms. The quantitative estimate of drug-likeness (QED) is 0.433. The van der Waals surface area contributed by atoms with Crippen LogP contribution in [0.1, 0.15) is 29.5 Å². The second-order valence-corrected chi connectivity index (χ2v) is 3.45. The van der Waals surface area contributed by atoms with Crippen LogP contribution in [0.2, 0.25) is 0 Å². The zero-order valence-electron chi connectivity index (χ0n) is 8.80. The molecule has 86 valence electrons. The Morgan fingerprint density at radius 3 is 3.06 bits per heavy atom. The molecule has 1 aliphatic rings. The summed E-state index contributed by atoms with van der Waals surface area (Å²) in [7, 11) is 0. The lowest BCUT2D eigenvalue weighted by molar-refractivity contribution is -0.385. The van der Waals surface area contributed by atoms with E-state index in [1.165, 1.54) is 4.68 Å². The SMILES string of the molecule is CCOC(=O)c1nn2c(c1[N+](=O)[O-])CCC2. The average Bonchev–Trinajstić information content (AvgIpc) is 2.74. The van der Waals surface area contributed by atoms with E-state index < -0.39 is 10.9 Å². The van der Waals surface area contributed by atoms with Crippen molar-refractivity contribution in [3.05, 3.63) is 21.5 Å². The molecule has 1 aliphatic heterocycles. The fraction of sp³-hybridized carbons (Fsp3) is 0.556. The van der Waals surface area contributed by atoms with Crippen LogP contribution in [-0.4, -0.2) is 27.3 Å². The van der Waals surface area contributed by atoms with Crippen LogP contribution in [-0.2, 0) is 17.7 Å². The molecular weight excluding hydrogens is 214 g/mol. The molecule has 1 aromatic heterocycles. The standard InChI is InChI=1S/C9H11N3O4/c1-2-16-9(13)7-8(12(14)15)6-4-3-5-11(6)10-7/h2-5H2,1H3. The summed E-state index contributed by atoms with van der Waals surface area (Å²) in [6.45, 7) is 2.45. The van der Waals surface area contributed by atoms with Gasteiger partial charge in [-0.25, -0.2) is 4.79 Å². The van der Waals surface area contributed by atoms with Gasteiger partial charge in [0.25, 0.3) is 0 Å². The topological polar surface area (TPSA) is 87.3 Å². The van der Waals surface area contributed by atoms with E-state index in [9.17, 15) is 14.9 Å². The maximum absolute atomic E-state index is 11.5. The number of nitrogens with zero attached hydrogens (tertiary/aromatic N) is 3. The van der Waals surface area contributed by atoms with Crippen molar-refractivity contribution < 1.29 is 14.5 Å². The molecule has 0 bridgehead atoms. The van der Waals surface area contributed by atoms with Gasteiger partial charge >= 0.3 is 11.7 Å². The van der Waals surface area contributed by atoms with Crippen LogP contribution < -0.4 is 0 Å². The number of esters is 1. The highest BCUT2D eigenvalue weighted by molar-refractivity contribution is 5.92. The van der Waals surface area contributed by atoms with E-state index in [-0.39, 0.29) is 18.0 Å². The Balaban J connectivity index is 2.46. The highest BCUT2D eigenvalue weighted by atomic mass is 16.6. The van der Waals surface area contributed by atoms with E-state index in [0.29, 0.717) is 18.7 Å². The summed E-state index contributed by atoms with van der Waals surface area (Å²) < 4.78 is 6.25. The number of carbonyl (C=O) groups excluding carboxylic acids is 1. The second kappa shape index (κ2) is 3.92. The third kappa shape index (κ3) is 1.54. The van der Waals surface area contributed by atoms with Crippen molar-refractivity contribution in [1.82, 2.24) is 9.78 Å². The molecule has 0 aromatic carbocycles. The van der Waals surface area contributed by atoms with E-state index in [4.69, 9.17) is 4.74 Å². The monoisotopic (exact) mass is 225 g/mol. The number of fused-ring (bicyclic) bond motifs is 1. The first-order valence-corrected chi connectivity index (χ1v) is 5.06. The minimum absolute atomic E-state index is 0.179. The van der Waals surface area contributed by atoms with Crippen molar-refractivity contribution in [3.8, 4) is 0 Å². The Bertz CT molecular complexity index is 452. The van der Waals surface area contributed by atoms with Crippen molar-refractivity contribution >= 4 is 11.7 Å². The Kier molecular flexibility index (Phi) is 2.59. The van der Waals surface area contributed by atoms with Crippen molar-refractivity contribution in [2.45, 2.75) is 26.3 Å². The van der Waals surface area contributed by atoms with Crippen molar-refractivity contribution in [3.63, 3.8) is 0 Å². The van der Waals surface area contributed by atoms with Gasteiger partial charge in [-0.05, 0) is 19.8 Å². The maximum atomic E-state index is 11.5. The molecule has 2 rings (SSSR count). The molecule has 1 aromatic rings. The molecule has 0 saturated carbocycles. The summed E-state index contributed by atoms with van der Waals surface area (Å²) >= 11 is 0. The summed E-state index contributed by atoms with van der Waals surface area (Å²) in [4.78, 5) is 21.8. The van der Waals surface area contributed by atoms with Gasteiger partial charge in [0.2, 0.25) is 5.69 Å². The van der Waals surface area contributed by atoms with Gasteiger partial charge in [0.15, 0.2) is 0 Å². The molecule has 0 amide bonds. The molecule has 0 N–H and O–H groups in total. The Morgan fingerprint density at radius 2 is 2.44 bits per heavy atom. The summed E-state index contributed by atoms with van der Waals surface area (Å²) in [5.74, 6) is -0.726. The van der Waals surface area contributed by atoms with Crippen molar-refractivity contribution in [2.75, 3.05) is 6.61 Å². The van der Waals surface area contributed by atoms with Gasteiger partial charge in [-0.2, -0.15) is 5.10 Å². The van der Waals surface area contributed by atoms with Crippen molar-refractivity contribution in [2.24, 2.45) is 0 Å². The Hall–Kier alpha value is -1.92. The van der Waals surface area contributed by atoms with Crippen LogP contribution >= 0.6 is 0 Å². The fourth-order valence-corrected chi connectivity index (χ4v) is 1.84. The van der Waals surface area contributed by atoms with Gasteiger partial charge in [-0.3, -0.25) is 14.8 Å². The first-order chi connectivity index (χ1) is 7.65. The first-order valence-electron chi connectivity index (χ1n) is 5.06. The molecule has 16 heavy (non-hydrogen) atoms. The number of nitro groups is 1. The van der Waals surface area contributed by atoms with E-state index in [1.54, 1.807) is 6.92 Å². The lowest BCUT2D eigenvalue weighted by atomic mass is 10.2. The van der Waals surface area contributed by atoms with E-state index >= 15 is 0 Å². The predicted molar refractivity (Wildman–Crippen MR) is 53.2 cm³/mol. The molecule has 0 fully saturated rings. The number of hydrogen-bond acceptors (Lipinski definition) is 5. The summed E-state index contributed by atoms with van der Waals surface area (Å²) in [6, 6.07) is 0. The predicted octanol–water partition coefficient (Wildman–Crippen LogP) is 0.914. The first kappa shape index (κ1) is 10.6. The lowest BCUT2D eigenvalue weighted by Crippen LogP contribution is -2.09. The molecule has 7 heteroatoms. The molecule has 0 unspecified atom stereocenters. The van der Waals surface area contributed by atoms with Crippen LogP contribution in [0, 0.1) is 10.1 Å². The second-order valence-electron chi connectivity index (χ2n) is 3.45. The zero-order valence-corrected chi connectivity index (χ0v) is 8.80. The normalized spacial score (nSPS) is 13.6. The molecule has 0 atom stereocenters.